The summed E-state index contributed by atoms with van der Waals surface area (Å²) in [6.07, 6.45) is 0. The Kier molecular flexibility index (Phi) is 8.27. The van der Waals surface area contributed by atoms with Crippen molar-refractivity contribution in [2.75, 3.05) is 0 Å². The fourth-order valence-electron chi connectivity index (χ4n) is 14.4. The average Bonchev–Trinajstić information content (AvgIpc) is 4.01. The third-order valence-corrected chi connectivity index (χ3v) is 17.4. The second-order valence-corrected chi connectivity index (χ2v) is 21.1. The maximum atomic E-state index is 7.08. The SMILES string of the molecule is c1ccc2c(c1)Oc1ccc(-n3c4ccccc4c4c(-n5c6ccccc6c6ccccc65)cccc43)cc1C21c2ccccc2-c2ccc(-n3c4ccccc4c4cc(-n5c6ccccc6c6ccccc65)ccc43)cc21. The maximum Gasteiger partial charge on any atom is 0.132 e. The summed E-state index contributed by atoms with van der Waals surface area (Å²) in [4.78, 5) is 0. The Morgan fingerprint density at radius 2 is 0.654 bits per heavy atom. The standard InChI is InChI=1S/C73H44N4O/c1-8-25-57-48(18-1)49-39-36-46(75-63-29-12-6-23-54(63)56-42-45(37-40-67(56)75)74-61-27-10-2-19-50(61)51-20-3-11-28-62(51)74)43-59(49)73(57)58-26-9-16-35-70(58)78-71-41-38-47(44-60(71)73)76-66-32-15-7-24-55(66)72-68(76)33-17-34-69(72)77-64-30-13-4-21-52(64)53-22-5-14-31-65(53)77/h1-44H. The van der Waals surface area contributed by atoms with E-state index in [1.54, 1.807) is 0 Å². The highest BCUT2D eigenvalue weighted by Crippen LogP contribution is 2.63. The first kappa shape index (κ1) is 41.9. The molecule has 78 heavy (non-hydrogen) atoms. The largest absolute Gasteiger partial charge is 0.457 e. The lowest BCUT2D eigenvalue weighted by atomic mass is 9.66. The zero-order valence-corrected chi connectivity index (χ0v) is 42.1. The van der Waals surface area contributed by atoms with Gasteiger partial charge >= 0.3 is 0 Å². The molecule has 1 aliphatic heterocycles. The predicted molar refractivity (Wildman–Crippen MR) is 321 cm³/mol. The molecular formula is C73H44N4O. The smallest absolute Gasteiger partial charge is 0.132 e. The summed E-state index contributed by atoms with van der Waals surface area (Å²) >= 11 is 0. The highest BCUT2D eigenvalue weighted by atomic mass is 16.5. The van der Waals surface area contributed by atoms with Crippen molar-refractivity contribution in [2.24, 2.45) is 0 Å². The monoisotopic (exact) mass is 992 g/mol. The van der Waals surface area contributed by atoms with Crippen LogP contribution in [-0.4, -0.2) is 18.3 Å². The summed E-state index contributed by atoms with van der Waals surface area (Å²) in [6.45, 7) is 0. The van der Waals surface area contributed by atoms with Gasteiger partial charge in [0.1, 0.15) is 11.5 Å². The van der Waals surface area contributed by atoms with Gasteiger partial charge in [0.15, 0.2) is 0 Å². The van der Waals surface area contributed by atoms with Gasteiger partial charge < -0.3 is 23.0 Å². The quantitative estimate of drug-likeness (QED) is 0.173. The molecule has 18 rings (SSSR count). The maximum absolute atomic E-state index is 7.08. The van der Waals surface area contributed by atoms with E-state index in [2.05, 4.69) is 285 Å². The zero-order valence-electron chi connectivity index (χ0n) is 42.1. The van der Waals surface area contributed by atoms with Crippen molar-refractivity contribution < 1.29 is 4.74 Å². The van der Waals surface area contributed by atoms with Gasteiger partial charge in [0, 0.05) is 71.3 Å². The van der Waals surface area contributed by atoms with Crippen LogP contribution in [0.15, 0.2) is 267 Å². The minimum Gasteiger partial charge on any atom is -0.457 e. The van der Waals surface area contributed by atoms with Crippen LogP contribution in [0.5, 0.6) is 11.5 Å². The van der Waals surface area contributed by atoms with Crippen molar-refractivity contribution in [1.82, 2.24) is 18.3 Å². The fraction of sp³-hybridized carbons (Fsp3) is 0.0137. The van der Waals surface area contributed by atoms with E-state index in [0.717, 1.165) is 67.4 Å². The van der Waals surface area contributed by atoms with E-state index < -0.39 is 5.41 Å². The number of benzene rings is 12. The molecule has 5 heteroatoms. The van der Waals surface area contributed by atoms with Gasteiger partial charge in [0.2, 0.25) is 0 Å². The number of hydrogen-bond acceptors (Lipinski definition) is 1. The lowest BCUT2D eigenvalue weighted by Crippen LogP contribution is -2.32. The molecule has 1 spiro atoms. The van der Waals surface area contributed by atoms with Crippen molar-refractivity contribution in [3.63, 3.8) is 0 Å². The second kappa shape index (κ2) is 15.4. The van der Waals surface area contributed by atoms with Gasteiger partial charge in [-0.15, -0.1) is 0 Å². The topological polar surface area (TPSA) is 28.9 Å². The van der Waals surface area contributed by atoms with Gasteiger partial charge in [0.25, 0.3) is 0 Å². The normalized spacial score (nSPS) is 14.6. The molecule has 16 aromatic rings. The van der Waals surface area contributed by atoms with Crippen LogP contribution < -0.4 is 4.74 Å². The third kappa shape index (κ3) is 5.34. The molecule has 1 aliphatic carbocycles. The first-order chi connectivity index (χ1) is 38.7. The number of rotatable bonds is 4. The lowest BCUT2D eigenvalue weighted by Gasteiger charge is -2.39. The Balaban J connectivity index is 0.877. The lowest BCUT2D eigenvalue weighted by molar-refractivity contribution is 0.436. The van der Waals surface area contributed by atoms with Gasteiger partial charge in [-0.1, -0.05) is 164 Å². The van der Waals surface area contributed by atoms with E-state index in [4.69, 9.17) is 4.74 Å². The molecule has 5 heterocycles. The molecule has 5 nitrogen and oxygen atoms in total. The van der Waals surface area contributed by atoms with E-state index in [1.807, 2.05) is 0 Å². The molecule has 4 aromatic heterocycles. The summed E-state index contributed by atoms with van der Waals surface area (Å²) in [5.74, 6) is 1.72. The number of ether oxygens (including phenoxy) is 1. The molecule has 0 radical (unpaired) electrons. The predicted octanol–water partition coefficient (Wildman–Crippen LogP) is 18.5. The Hall–Kier alpha value is -10.4. The number of nitrogens with zero attached hydrogens (tertiary/aromatic N) is 4. The highest BCUT2D eigenvalue weighted by Gasteiger charge is 2.51. The molecule has 1 atom stereocenters. The number of fused-ring (bicyclic) bond motifs is 21. The fourth-order valence-corrected chi connectivity index (χ4v) is 14.4. The second-order valence-electron chi connectivity index (χ2n) is 21.1. The molecule has 2 aliphatic rings. The van der Waals surface area contributed by atoms with E-state index >= 15 is 0 Å². The van der Waals surface area contributed by atoms with Crippen LogP contribution in [0.3, 0.4) is 0 Å². The third-order valence-electron chi connectivity index (χ3n) is 17.4. The molecule has 0 bridgehead atoms. The minimum absolute atomic E-state index is 0.725. The van der Waals surface area contributed by atoms with E-state index in [9.17, 15) is 0 Å². The zero-order chi connectivity index (χ0) is 50.8. The molecular weight excluding hydrogens is 949 g/mol. The summed E-state index contributed by atoms with van der Waals surface area (Å²) < 4.78 is 16.9. The first-order valence-electron chi connectivity index (χ1n) is 26.9. The van der Waals surface area contributed by atoms with Gasteiger partial charge in [-0.3, -0.25) is 0 Å². The van der Waals surface area contributed by atoms with Crippen LogP contribution in [0.4, 0.5) is 0 Å². The highest BCUT2D eigenvalue weighted by molar-refractivity contribution is 6.17. The van der Waals surface area contributed by atoms with E-state index in [0.29, 0.717) is 0 Å². The summed E-state index contributed by atoms with van der Waals surface area (Å²) in [6, 6.07) is 98.6. The first-order valence-corrected chi connectivity index (χ1v) is 26.9. The minimum atomic E-state index is -0.725. The molecule has 0 fully saturated rings. The van der Waals surface area contributed by atoms with Crippen LogP contribution in [0.2, 0.25) is 0 Å². The molecule has 0 saturated heterocycles. The van der Waals surface area contributed by atoms with E-state index in [-0.39, 0.29) is 0 Å². The Labute approximate surface area is 447 Å². The number of para-hydroxylation sites is 7. The molecule has 0 saturated carbocycles. The van der Waals surface area contributed by atoms with Gasteiger partial charge in [-0.25, -0.2) is 0 Å². The van der Waals surface area contributed by atoms with Gasteiger partial charge in [-0.05, 0) is 125 Å². The molecule has 12 aromatic carbocycles. The van der Waals surface area contributed by atoms with Crippen molar-refractivity contribution >= 4 is 87.2 Å². The van der Waals surface area contributed by atoms with Crippen LogP contribution in [0.1, 0.15) is 22.3 Å². The Bertz CT molecular complexity index is 5170. The van der Waals surface area contributed by atoms with Crippen molar-refractivity contribution in [3.8, 4) is 45.4 Å². The number of hydrogen-bond donors (Lipinski definition) is 0. The van der Waals surface area contributed by atoms with Crippen LogP contribution in [-0.2, 0) is 5.41 Å². The van der Waals surface area contributed by atoms with Gasteiger partial charge in [-0.2, -0.15) is 0 Å². The van der Waals surface area contributed by atoms with E-state index in [1.165, 1.54) is 87.4 Å². The van der Waals surface area contributed by atoms with Crippen LogP contribution in [0.25, 0.3) is 121 Å². The van der Waals surface area contributed by atoms with Crippen LogP contribution in [0, 0.1) is 0 Å². The van der Waals surface area contributed by atoms with Crippen LogP contribution >= 0.6 is 0 Å². The average molecular weight is 993 g/mol. The summed E-state index contributed by atoms with van der Waals surface area (Å²) in [7, 11) is 0. The molecule has 362 valence electrons. The van der Waals surface area contributed by atoms with Gasteiger partial charge in [0.05, 0.1) is 55.2 Å². The molecule has 0 N–H and O–H groups in total. The molecule has 1 unspecified atom stereocenters. The summed E-state index contributed by atoms with van der Waals surface area (Å²) in [5, 5.41) is 9.85. The Morgan fingerprint density at radius 1 is 0.244 bits per heavy atom. The Morgan fingerprint density at radius 3 is 1.29 bits per heavy atom. The number of aromatic nitrogens is 4. The van der Waals surface area contributed by atoms with Crippen molar-refractivity contribution in [1.29, 1.82) is 0 Å². The summed E-state index contributed by atoms with van der Waals surface area (Å²) in [5.41, 5.74) is 20.4. The van der Waals surface area contributed by atoms with Crippen molar-refractivity contribution in [3.05, 3.63) is 289 Å². The molecule has 0 amide bonds. The van der Waals surface area contributed by atoms with Crippen molar-refractivity contribution in [2.45, 2.75) is 5.41 Å².